The van der Waals surface area contributed by atoms with Gasteiger partial charge in [-0.25, -0.2) is 0 Å². The van der Waals surface area contributed by atoms with E-state index in [4.69, 9.17) is 9.47 Å². The van der Waals surface area contributed by atoms with E-state index < -0.39 is 0 Å². The highest BCUT2D eigenvalue weighted by molar-refractivity contribution is 6.15. The quantitative estimate of drug-likeness (QED) is 0.502. The van der Waals surface area contributed by atoms with Crippen LogP contribution in [0.4, 0.5) is 0 Å². The van der Waals surface area contributed by atoms with Crippen LogP contribution in [0.1, 0.15) is 15.9 Å². The van der Waals surface area contributed by atoms with Crippen LogP contribution in [0.15, 0.2) is 66.9 Å². The zero-order valence-electron chi connectivity index (χ0n) is 15.4. The topological polar surface area (TPSA) is 51.7 Å². The van der Waals surface area contributed by atoms with E-state index >= 15 is 0 Å². The van der Waals surface area contributed by atoms with Crippen molar-refractivity contribution in [2.45, 2.75) is 6.54 Å². The molecule has 138 valence electrons. The van der Waals surface area contributed by atoms with Crippen molar-refractivity contribution in [1.82, 2.24) is 9.88 Å². The zero-order valence-corrected chi connectivity index (χ0v) is 15.4. The molecule has 0 radical (unpaired) electrons. The Hall–Kier alpha value is -3.60. The second kappa shape index (κ2) is 6.53. The van der Waals surface area contributed by atoms with Crippen molar-refractivity contribution in [1.29, 1.82) is 0 Å². The van der Waals surface area contributed by atoms with Gasteiger partial charge in [0.05, 0.1) is 11.1 Å². The lowest BCUT2D eigenvalue weighted by Gasteiger charge is -2.19. The second-order valence-corrected chi connectivity index (χ2v) is 6.89. The number of hydrogen-bond donors (Lipinski definition) is 0. The minimum Gasteiger partial charge on any atom is -0.454 e. The lowest BCUT2D eigenvalue weighted by Crippen LogP contribution is -2.26. The summed E-state index contributed by atoms with van der Waals surface area (Å²) < 4.78 is 10.8. The van der Waals surface area contributed by atoms with Crippen LogP contribution in [0, 0.1) is 0 Å². The molecule has 0 unspecified atom stereocenters. The van der Waals surface area contributed by atoms with E-state index in [1.165, 1.54) is 0 Å². The van der Waals surface area contributed by atoms with Gasteiger partial charge >= 0.3 is 0 Å². The molecule has 0 aliphatic carbocycles. The molecule has 0 atom stereocenters. The number of pyridine rings is 1. The summed E-state index contributed by atoms with van der Waals surface area (Å²) in [6.45, 7) is 0.707. The fourth-order valence-corrected chi connectivity index (χ4v) is 3.68. The Morgan fingerprint density at radius 1 is 1.00 bits per heavy atom. The maximum Gasteiger partial charge on any atom is 0.256 e. The van der Waals surface area contributed by atoms with Gasteiger partial charge in [0.25, 0.3) is 5.91 Å². The Bertz CT molecular complexity index is 1220. The van der Waals surface area contributed by atoms with Crippen LogP contribution < -0.4 is 9.47 Å². The van der Waals surface area contributed by atoms with Crippen LogP contribution in [-0.4, -0.2) is 29.6 Å². The average Bonchev–Trinajstić information content (AvgIpc) is 3.20. The molecule has 5 heteroatoms. The highest BCUT2D eigenvalue weighted by atomic mass is 16.7. The fraction of sp³-hybridized carbons (Fsp3) is 0.130. The van der Waals surface area contributed by atoms with Crippen molar-refractivity contribution in [3.63, 3.8) is 0 Å². The highest BCUT2D eigenvalue weighted by Gasteiger charge is 2.19. The third kappa shape index (κ3) is 2.72. The first-order chi connectivity index (χ1) is 13.7. The van der Waals surface area contributed by atoms with E-state index in [2.05, 4.69) is 11.1 Å². The first kappa shape index (κ1) is 16.6. The molecule has 3 aromatic carbocycles. The van der Waals surface area contributed by atoms with Crippen molar-refractivity contribution in [2.75, 3.05) is 13.8 Å². The largest absolute Gasteiger partial charge is 0.454 e. The predicted octanol–water partition coefficient (Wildman–Crippen LogP) is 4.39. The predicted molar refractivity (Wildman–Crippen MR) is 108 cm³/mol. The van der Waals surface area contributed by atoms with Crippen molar-refractivity contribution in [3.8, 4) is 11.5 Å². The average molecular weight is 370 g/mol. The molecule has 0 N–H and O–H groups in total. The van der Waals surface area contributed by atoms with E-state index in [1.807, 2.05) is 54.6 Å². The third-order valence-electron chi connectivity index (χ3n) is 5.05. The molecule has 1 amide bonds. The van der Waals surface area contributed by atoms with Gasteiger partial charge in [-0.3, -0.25) is 9.78 Å². The Morgan fingerprint density at radius 2 is 1.82 bits per heavy atom. The van der Waals surface area contributed by atoms with Gasteiger partial charge in [-0.2, -0.15) is 0 Å². The summed E-state index contributed by atoms with van der Waals surface area (Å²) in [5.74, 6) is 1.39. The molecule has 1 aromatic heterocycles. The highest BCUT2D eigenvalue weighted by Crippen LogP contribution is 2.33. The van der Waals surface area contributed by atoms with Crippen LogP contribution in [0.2, 0.25) is 0 Å². The molecule has 0 saturated carbocycles. The number of rotatable bonds is 3. The molecule has 0 fully saturated rings. The van der Waals surface area contributed by atoms with E-state index in [9.17, 15) is 4.79 Å². The maximum absolute atomic E-state index is 13.3. The van der Waals surface area contributed by atoms with Gasteiger partial charge in [0.2, 0.25) is 6.79 Å². The summed E-state index contributed by atoms with van der Waals surface area (Å²) in [5, 5.41) is 3.11. The number of nitrogens with zero attached hydrogens (tertiary/aromatic N) is 2. The van der Waals surface area contributed by atoms with Gasteiger partial charge in [-0.05, 0) is 40.6 Å². The number of hydrogen-bond acceptors (Lipinski definition) is 4. The summed E-state index contributed by atoms with van der Waals surface area (Å²) in [6, 6.07) is 19.7. The van der Waals surface area contributed by atoms with E-state index in [1.54, 1.807) is 18.1 Å². The van der Waals surface area contributed by atoms with Gasteiger partial charge in [0.1, 0.15) is 0 Å². The fourth-order valence-electron chi connectivity index (χ4n) is 3.68. The summed E-state index contributed by atoms with van der Waals surface area (Å²) >= 11 is 0. The SMILES string of the molecule is CN(Cc1ccc2c(c1)OCO2)C(=O)c1cc2ccccc2c2cccnc12. The molecule has 0 saturated heterocycles. The van der Waals surface area contributed by atoms with Crippen LogP contribution >= 0.6 is 0 Å². The molecule has 5 nitrogen and oxygen atoms in total. The van der Waals surface area contributed by atoms with Crippen LogP contribution in [-0.2, 0) is 6.54 Å². The molecular weight excluding hydrogens is 352 g/mol. The lowest BCUT2D eigenvalue weighted by atomic mass is 10.00. The molecule has 1 aliphatic rings. The van der Waals surface area contributed by atoms with Gasteiger partial charge in [-0.1, -0.05) is 36.4 Å². The van der Waals surface area contributed by atoms with Crippen molar-refractivity contribution in [3.05, 3.63) is 78.0 Å². The van der Waals surface area contributed by atoms with Crippen molar-refractivity contribution in [2.24, 2.45) is 0 Å². The third-order valence-corrected chi connectivity index (χ3v) is 5.05. The second-order valence-electron chi connectivity index (χ2n) is 6.89. The Balaban J connectivity index is 1.52. The number of amides is 1. The number of benzene rings is 3. The standard InChI is InChI=1S/C23H18N2O3/c1-25(13-15-8-9-20-21(11-15)28-14-27-20)23(26)19-12-16-5-2-3-6-17(16)18-7-4-10-24-22(18)19/h2-12H,13-14H2,1H3. The minimum absolute atomic E-state index is 0.0629. The molecule has 5 rings (SSSR count). The molecule has 1 aliphatic heterocycles. The minimum atomic E-state index is -0.0629. The van der Waals surface area contributed by atoms with E-state index in [0.29, 0.717) is 12.1 Å². The summed E-state index contributed by atoms with van der Waals surface area (Å²) in [4.78, 5) is 19.5. The number of ether oxygens (including phenoxy) is 2. The zero-order chi connectivity index (χ0) is 19.1. The number of aromatic nitrogens is 1. The molecular formula is C23H18N2O3. The van der Waals surface area contributed by atoms with Gasteiger partial charge in [-0.15, -0.1) is 0 Å². The van der Waals surface area contributed by atoms with E-state index in [-0.39, 0.29) is 12.7 Å². The molecule has 4 aromatic rings. The van der Waals surface area contributed by atoms with Crippen LogP contribution in [0.3, 0.4) is 0 Å². The Kier molecular flexibility index (Phi) is 3.86. The van der Waals surface area contributed by atoms with Crippen molar-refractivity contribution < 1.29 is 14.3 Å². The maximum atomic E-state index is 13.3. The summed E-state index contributed by atoms with van der Waals surface area (Å²) in [7, 11) is 1.80. The smallest absolute Gasteiger partial charge is 0.256 e. The van der Waals surface area contributed by atoms with Crippen LogP contribution in [0.25, 0.3) is 21.7 Å². The number of carbonyl (C=O) groups excluding carboxylic acids is 1. The van der Waals surface area contributed by atoms with Crippen LogP contribution in [0.5, 0.6) is 11.5 Å². The van der Waals surface area contributed by atoms with E-state index in [0.717, 1.165) is 38.7 Å². The molecule has 2 heterocycles. The molecule has 28 heavy (non-hydrogen) atoms. The van der Waals surface area contributed by atoms with Crippen molar-refractivity contribution >= 4 is 27.6 Å². The number of fused-ring (bicyclic) bond motifs is 4. The Labute approximate surface area is 162 Å². The summed E-state index contributed by atoms with van der Waals surface area (Å²) in [6.07, 6.45) is 1.73. The first-order valence-electron chi connectivity index (χ1n) is 9.11. The summed E-state index contributed by atoms with van der Waals surface area (Å²) in [5.41, 5.74) is 2.32. The lowest BCUT2D eigenvalue weighted by molar-refractivity contribution is 0.0787. The number of carbonyl (C=O) groups is 1. The first-order valence-corrected chi connectivity index (χ1v) is 9.11. The monoisotopic (exact) mass is 370 g/mol. The molecule has 0 bridgehead atoms. The molecule has 0 spiro atoms. The normalized spacial score (nSPS) is 12.5. The van der Waals surface area contributed by atoms with Gasteiger partial charge in [0, 0.05) is 25.2 Å². The van der Waals surface area contributed by atoms with Gasteiger partial charge < -0.3 is 14.4 Å². The Morgan fingerprint density at radius 3 is 2.75 bits per heavy atom. The van der Waals surface area contributed by atoms with Gasteiger partial charge in [0.15, 0.2) is 11.5 Å².